The number of hydrogen-bond acceptors (Lipinski definition) is 7. The van der Waals surface area contributed by atoms with Crippen molar-refractivity contribution >= 4 is 29.0 Å². The largest absolute Gasteiger partial charge is 0.467 e. The Bertz CT molecular complexity index is 709. The fourth-order valence-electron chi connectivity index (χ4n) is 1.73. The summed E-state index contributed by atoms with van der Waals surface area (Å²) in [4.78, 5) is 13.0. The molecule has 3 aromatic rings. The summed E-state index contributed by atoms with van der Waals surface area (Å²) in [7, 11) is 0. The summed E-state index contributed by atoms with van der Waals surface area (Å²) in [6.45, 7) is 0.994. The standard InChI is InChI=1S/C13H13N5O2S2/c19-12(14-7-11-4-2-6-21-11)9-22-13-15-16-17-18(13)8-10-3-1-5-20-10/h1-6H,7-9H2,(H,14,19). The monoisotopic (exact) mass is 335 g/mol. The third-order valence-corrected chi connectivity index (χ3v) is 4.59. The Morgan fingerprint density at radius 3 is 3.14 bits per heavy atom. The summed E-state index contributed by atoms with van der Waals surface area (Å²) in [5.74, 6) is 0.978. The third kappa shape index (κ3) is 3.95. The van der Waals surface area contributed by atoms with E-state index in [1.54, 1.807) is 22.3 Å². The molecule has 7 nitrogen and oxygen atoms in total. The van der Waals surface area contributed by atoms with Crippen molar-refractivity contribution < 1.29 is 9.21 Å². The molecule has 0 saturated carbocycles. The summed E-state index contributed by atoms with van der Waals surface area (Å²) in [5.41, 5.74) is 0. The van der Waals surface area contributed by atoms with Gasteiger partial charge in [-0.2, -0.15) is 0 Å². The van der Waals surface area contributed by atoms with Crippen molar-refractivity contribution in [2.45, 2.75) is 18.2 Å². The number of nitrogens with zero attached hydrogens (tertiary/aromatic N) is 4. The first-order valence-electron chi connectivity index (χ1n) is 6.51. The second-order valence-electron chi connectivity index (χ2n) is 4.34. The lowest BCUT2D eigenvalue weighted by Gasteiger charge is -2.04. The Kier molecular flexibility index (Phi) is 4.86. The average molecular weight is 335 g/mol. The van der Waals surface area contributed by atoms with Gasteiger partial charge < -0.3 is 9.73 Å². The minimum absolute atomic E-state index is 0.0500. The highest BCUT2D eigenvalue weighted by Gasteiger charge is 2.11. The van der Waals surface area contributed by atoms with Crippen LogP contribution in [0.25, 0.3) is 0 Å². The van der Waals surface area contributed by atoms with Gasteiger partial charge in [-0.1, -0.05) is 17.8 Å². The van der Waals surface area contributed by atoms with Gasteiger partial charge in [0.25, 0.3) is 0 Å². The summed E-state index contributed by atoms with van der Waals surface area (Å²) >= 11 is 2.91. The number of thioether (sulfide) groups is 1. The maximum Gasteiger partial charge on any atom is 0.230 e. The lowest BCUT2D eigenvalue weighted by molar-refractivity contribution is -0.118. The summed E-state index contributed by atoms with van der Waals surface area (Å²) in [6, 6.07) is 7.61. The summed E-state index contributed by atoms with van der Waals surface area (Å²) < 4.78 is 6.87. The second-order valence-corrected chi connectivity index (χ2v) is 6.32. The van der Waals surface area contributed by atoms with Gasteiger partial charge in [0.1, 0.15) is 12.3 Å². The van der Waals surface area contributed by atoms with Gasteiger partial charge in [0.15, 0.2) is 0 Å². The van der Waals surface area contributed by atoms with Gasteiger partial charge in [-0.15, -0.1) is 16.4 Å². The van der Waals surface area contributed by atoms with Crippen LogP contribution in [0.3, 0.4) is 0 Å². The van der Waals surface area contributed by atoms with Crippen LogP contribution in [0.5, 0.6) is 0 Å². The van der Waals surface area contributed by atoms with Crippen LogP contribution in [-0.4, -0.2) is 31.9 Å². The molecule has 0 atom stereocenters. The number of rotatable bonds is 7. The van der Waals surface area contributed by atoms with Crippen molar-refractivity contribution in [1.29, 1.82) is 0 Å². The van der Waals surface area contributed by atoms with E-state index in [0.29, 0.717) is 18.2 Å². The van der Waals surface area contributed by atoms with Gasteiger partial charge in [0, 0.05) is 4.88 Å². The van der Waals surface area contributed by atoms with E-state index in [-0.39, 0.29) is 11.7 Å². The molecule has 0 fully saturated rings. The Balaban J connectivity index is 1.49. The lowest BCUT2D eigenvalue weighted by atomic mass is 10.4. The predicted octanol–water partition coefficient (Wildman–Crippen LogP) is 1.78. The fourth-order valence-corrected chi connectivity index (χ4v) is 3.08. The lowest BCUT2D eigenvalue weighted by Crippen LogP contribution is -2.24. The molecule has 3 aromatic heterocycles. The first kappa shape index (κ1) is 14.8. The number of amides is 1. The third-order valence-electron chi connectivity index (χ3n) is 2.76. The van der Waals surface area contributed by atoms with Crippen molar-refractivity contribution in [3.63, 3.8) is 0 Å². The molecule has 0 aliphatic carbocycles. The van der Waals surface area contributed by atoms with Crippen molar-refractivity contribution in [2.24, 2.45) is 0 Å². The van der Waals surface area contributed by atoms with E-state index in [1.807, 2.05) is 29.6 Å². The first-order chi connectivity index (χ1) is 10.8. The molecule has 0 unspecified atom stereocenters. The van der Waals surface area contributed by atoms with Gasteiger partial charge in [-0.3, -0.25) is 4.79 Å². The highest BCUT2D eigenvalue weighted by molar-refractivity contribution is 7.99. The van der Waals surface area contributed by atoms with Gasteiger partial charge >= 0.3 is 0 Å². The molecule has 0 radical (unpaired) electrons. The first-order valence-corrected chi connectivity index (χ1v) is 8.38. The van der Waals surface area contributed by atoms with Gasteiger partial charge in [0.2, 0.25) is 11.1 Å². The van der Waals surface area contributed by atoms with Crippen LogP contribution in [0.2, 0.25) is 0 Å². The molecule has 1 amide bonds. The Morgan fingerprint density at radius 1 is 1.41 bits per heavy atom. The van der Waals surface area contributed by atoms with Crippen LogP contribution >= 0.6 is 23.1 Å². The minimum Gasteiger partial charge on any atom is -0.467 e. The second kappa shape index (κ2) is 7.23. The van der Waals surface area contributed by atoms with Crippen LogP contribution in [0, 0.1) is 0 Å². The molecule has 9 heteroatoms. The van der Waals surface area contributed by atoms with Crippen molar-refractivity contribution in [3.05, 3.63) is 46.5 Å². The highest BCUT2D eigenvalue weighted by Crippen LogP contribution is 2.15. The molecular formula is C13H13N5O2S2. The molecule has 3 heterocycles. The molecule has 0 bridgehead atoms. The van der Waals surface area contributed by atoms with Gasteiger partial charge in [0.05, 0.1) is 18.6 Å². The maximum atomic E-state index is 11.8. The molecule has 3 rings (SSSR count). The van der Waals surface area contributed by atoms with Crippen LogP contribution in [0.1, 0.15) is 10.6 Å². The Hall–Kier alpha value is -2.13. The molecule has 0 aromatic carbocycles. The quantitative estimate of drug-likeness (QED) is 0.663. The predicted molar refractivity (Wildman–Crippen MR) is 82.5 cm³/mol. The highest BCUT2D eigenvalue weighted by atomic mass is 32.2. The maximum absolute atomic E-state index is 11.8. The van der Waals surface area contributed by atoms with E-state index in [0.717, 1.165) is 10.6 Å². The SMILES string of the molecule is O=C(CSc1nnnn1Cc1ccco1)NCc1cccs1. The van der Waals surface area contributed by atoms with Gasteiger partial charge in [-0.25, -0.2) is 4.68 Å². The molecule has 22 heavy (non-hydrogen) atoms. The summed E-state index contributed by atoms with van der Waals surface area (Å²) in [6.07, 6.45) is 1.60. The molecule has 1 N–H and O–H groups in total. The zero-order valence-electron chi connectivity index (χ0n) is 11.5. The molecule has 0 aliphatic heterocycles. The van der Waals surface area contributed by atoms with Crippen LogP contribution in [0.15, 0.2) is 45.5 Å². The molecule has 114 valence electrons. The normalized spacial score (nSPS) is 10.7. The molecule has 0 aliphatic rings. The fraction of sp³-hybridized carbons (Fsp3) is 0.231. The van der Waals surface area contributed by atoms with Gasteiger partial charge in [-0.05, 0) is 34.0 Å². The van der Waals surface area contributed by atoms with E-state index in [1.165, 1.54) is 11.8 Å². The van der Waals surface area contributed by atoms with E-state index in [2.05, 4.69) is 20.8 Å². The van der Waals surface area contributed by atoms with Crippen LogP contribution < -0.4 is 5.32 Å². The number of hydrogen-bond donors (Lipinski definition) is 1. The molecular weight excluding hydrogens is 322 g/mol. The molecule has 0 spiro atoms. The number of carbonyl (C=O) groups is 1. The zero-order chi connectivity index (χ0) is 15.2. The van der Waals surface area contributed by atoms with E-state index < -0.39 is 0 Å². The minimum atomic E-state index is -0.0500. The zero-order valence-corrected chi connectivity index (χ0v) is 13.1. The average Bonchev–Trinajstić information content (AvgIpc) is 3.26. The number of tetrazole rings is 1. The Morgan fingerprint density at radius 2 is 2.36 bits per heavy atom. The van der Waals surface area contributed by atoms with Crippen LogP contribution in [0.4, 0.5) is 0 Å². The summed E-state index contributed by atoms with van der Waals surface area (Å²) in [5, 5.41) is 16.9. The molecule has 0 saturated heterocycles. The number of thiophene rings is 1. The number of carbonyl (C=O) groups excluding carboxylic acids is 1. The topological polar surface area (TPSA) is 85.8 Å². The van der Waals surface area contributed by atoms with Crippen molar-refractivity contribution in [2.75, 3.05) is 5.75 Å². The Labute approximate surface area is 134 Å². The van der Waals surface area contributed by atoms with Crippen molar-refractivity contribution in [3.8, 4) is 0 Å². The van der Waals surface area contributed by atoms with E-state index >= 15 is 0 Å². The smallest absolute Gasteiger partial charge is 0.230 e. The van der Waals surface area contributed by atoms with Crippen LogP contribution in [-0.2, 0) is 17.9 Å². The van der Waals surface area contributed by atoms with Crippen molar-refractivity contribution in [1.82, 2.24) is 25.5 Å². The van der Waals surface area contributed by atoms with E-state index in [4.69, 9.17) is 4.42 Å². The number of nitrogens with one attached hydrogen (secondary N) is 1. The van der Waals surface area contributed by atoms with E-state index in [9.17, 15) is 4.79 Å². The number of aromatic nitrogens is 4. The number of furan rings is 1.